The van der Waals surface area contributed by atoms with Gasteiger partial charge in [-0.3, -0.25) is 14.4 Å². The number of ether oxygens (including phenoxy) is 2. The topological polar surface area (TPSA) is 88.2 Å². The molecule has 3 atom stereocenters. The van der Waals surface area contributed by atoms with Crippen LogP contribution in [0.15, 0.2) is 18.2 Å². The Hall–Kier alpha value is -2.61. The van der Waals surface area contributed by atoms with Crippen molar-refractivity contribution in [3.05, 3.63) is 23.8 Å². The number of nitrogens with one attached hydrogen (secondary N) is 1. The highest BCUT2D eigenvalue weighted by atomic mass is 16.5. The number of nitrogens with zero attached hydrogens (tertiary/aromatic N) is 2. The number of anilines is 1. The fourth-order valence-corrected chi connectivity index (χ4v) is 3.86. The number of hydrogen-bond donors (Lipinski definition) is 1. The van der Waals surface area contributed by atoms with Gasteiger partial charge in [-0.1, -0.05) is 20.8 Å². The van der Waals surface area contributed by atoms with Crippen LogP contribution in [-0.4, -0.2) is 73.5 Å². The fraction of sp³-hybridized carbons (Fsp3) is 0.625. The van der Waals surface area contributed by atoms with E-state index in [1.54, 1.807) is 37.3 Å². The van der Waals surface area contributed by atoms with E-state index < -0.39 is 0 Å². The van der Waals surface area contributed by atoms with Gasteiger partial charge in [-0.15, -0.1) is 0 Å². The molecule has 8 heteroatoms. The number of benzene rings is 1. The van der Waals surface area contributed by atoms with E-state index in [-0.39, 0.29) is 42.4 Å². The summed E-state index contributed by atoms with van der Waals surface area (Å²) in [6.45, 7) is 8.89. The summed E-state index contributed by atoms with van der Waals surface area (Å²) in [4.78, 5) is 41.4. The van der Waals surface area contributed by atoms with Gasteiger partial charge in [0.05, 0.1) is 17.7 Å². The minimum atomic E-state index is -0.237. The summed E-state index contributed by atoms with van der Waals surface area (Å²) in [6, 6.07) is 4.90. The largest absolute Gasteiger partial charge is 0.491 e. The maximum absolute atomic E-state index is 13.3. The van der Waals surface area contributed by atoms with Gasteiger partial charge in [0.1, 0.15) is 12.4 Å². The van der Waals surface area contributed by atoms with Gasteiger partial charge in [-0.25, -0.2) is 0 Å². The third kappa shape index (κ3) is 6.45. The highest BCUT2D eigenvalue weighted by Crippen LogP contribution is 2.26. The Morgan fingerprint density at radius 3 is 2.56 bits per heavy atom. The Morgan fingerprint density at radius 1 is 1.22 bits per heavy atom. The van der Waals surface area contributed by atoms with E-state index in [1.807, 2.05) is 32.6 Å². The van der Waals surface area contributed by atoms with E-state index in [2.05, 4.69) is 5.32 Å². The molecule has 1 aromatic rings. The summed E-state index contributed by atoms with van der Waals surface area (Å²) in [7, 11) is 3.34. The molecule has 0 saturated heterocycles. The second-order valence-electron chi connectivity index (χ2n) is 8.51. The quantitative estimate of drug-likeness (QED) is 0.749. The number of fused-ring (bicyclic) bond motifs is 1. The molecule has 3 amide bonds. The van der Waals surface area contributed by atoms with Crippen LogP contribution in [0, 0.1) is 5.92 Å². The van der Waals surface area contributed by atoms with Gasteiger partial charge >= 0.3 is 0 Å². The number of likely N-dealkylation sites (N-methyl/N-ethyl adjacent to an activating group) is 1. The molecular formula is C24H37N3O5. The van der Waals surface area contributed by atoms with Gasteiger partial charge in [-0.2, -0.15) is 0 Å². The summed E-state index contributed by atoms with van der Waals surface area (Å²) >= 11 is 0. The van der Waals surface area contributed by atoms with E-state index in [0.717, 1.165) is 6.42 Å². The highest BCUT2D eigenvalue weighted by Gasteiger charge is 2.29. The number of carbonyl (C=O) groups is 3. The minimum Gasteiger partial charge on any atom is -0.491 e. The lowest BCUT2D eigenvalue weighted by molar-refractivity contribution is -0.135. The van der Waals surface area contributed by atoms with Gasteiger partial charge in [0.2, 0.25) is 11.8 Å². The van der Waals surface area contributed by atoms with Crippen LogP contribution < -0.4 is 10.1 Å². The number of amides is 3. The van der Waals surface area contributed by atoms with Gasteiger partial charge in [-0.05, 0) is 31.5 Å². The lowest BCUT2D eigenvalue weighted by Crippen LogP contribution is -2.48. The fourth-order valence-electron chi connectivity index (χ4n) is 3.86. The van der Waals surface area contributed by atoms with Crippen LogP contribution in [0.1, 0.15) is 57.3 Å². The van der Waals surface area contributed by atoms with Gasteiger partial charge in [0.15, 0.2) is 0 Å². The molecule has 32 heavy (non-hydrogen) atoms. The van der Waals surface area contributed by atoms with Crippen LogP contribution in [-0.2, 0) is 14.3 Å². The molecule has 0 spiro atoms. The van der Waals surface area contributed by atoms with E-state index >= 15 is 0 Å². The maximum atomic E-state index is 13.3. The minimum absolute atomic E-state index is 0.0202. The monoisotopic (exact) mass is 447 g/mol. The zero-order valence-electron chi connectivity index (χ0n) is 20.1. The van der Waals surface area contributed by atoms with Gasteiger partial charge in [0, 0.05) is 51.7 Å². The summed E-state index contributed by atoms with van der Waals surface area (Å²) in [5.74, 6) is 0.187. The van der Waals surface area contributed by atoms with E-state index in [1.165, 1.54) is 0 Å². The molecule has 178 valence electrons. The molecule has 1 N–H and O–H groups in total. The first kappa shape index (κ1) is 25.6. The predicted molar refractivity (Wildman–Crippen MR) is 124 cm³/mol. The van der Waals surface area contributed by atoms with Crippen LogP contribution >= 0.6 is 0 Å². The van der Waals surface area contributed by atoms with Crippen molar-refractivity contribution < 1.29 is 23.9 Å². The summed E-state index contributed by atoms with van der Waals surface area (Å²) in [6.07, 6.45) is 1.32. The zero-order chi connectivity index (χ0) is 23.8. The summed E-state index contributed by atoms with van der Waals surface area (Å²) in [5, 5.41) is 2.84. The smallest absolute Gasteiger partial charge is 0.257 e. The third-order valence-corrected chi connectivity index (χ3v) is 5.83. The van der Waals surface area contributed by atoms with E-state index in [9.17, 15) is 14.4 Å². The molecule has 0 radical (unpaired) electrons. The molecule has 8 nitrogen and oxygen atoms in total. The van der Waals surface area contributed by atoms with Gasteiger partial charge in [0.25, 0.3) is 5.91 Å². The highest BCUT2D eigenvalue weighted by molar-refractivity contribution is 5.99. The van der Waals surface area contributed by atoms with Crippen molar-refractivity contribution in [1.29, 1.82) is 0 Å². The van der Waals surface area contributed by atoms with Crippen LogP contribution in [0.25, 0.3) is 0 Å². The average Bonchev–Trinajstić information content (AvgIpc) is 2.77. The van der Waals surface area contributed by atoms with Crippen molar-refractivity contribution >= 4 is 23.4 Å². The standard InChI is InChI=1S/C24H37N3O5/c1-7-9-22(28)25-18-10-11-20-19(12-18)24(30)26(5)14-21(31-6)16(3)13-27(23(29)8-2)17(4)15-32-20/h10-12,16-17,21H,7-9,13-15H2,1-6H3,(H,25,28)/t16-,17-,21+/m1/s1. The van der Waals surface area contributed by atoms with Crippen molar-refractivity contribution in [3.63, 3.8) is 0 Å². The Bertz CT molecular complexity index is 813. The van der Waals surface area contributed by atoms with Crippen molar-refractivity contribution in [2.24, 2.45) is 5.92 Å². The van der Waals surface area contributed by atoms with Crippen molar-refractivity contribution in [3.8, 4) is 5.75 Å². The Kier molecular flexibility index (Phi) is 9.50. The third-order valence-electron chi connectivity index (χ3n) is 5.83. The normalized spacial score (nSPS) is 22.3. The molecule has 1 heterocycles. The molecule has 2 rings (SSSR count). The predicted octanol–water partition coefficient (Wildman–Crippen LogP) is 3.17. The number of hydrogen-bond acceptors (Lipinski definition) is 5. The van der Waals surface area contributed by atoms with Gasteiger partial charge < -0.3 is 24.6 Å². The van der Waals surface area contributed by atoms with Crippen LogP contribution in [0.4, 0.5) is 5.69 Å². The molecule has 1 aromatic carbocycles. The second kappa shape index (κ2) is 11.9. The van der Waals surface area contributed by atoms with Crippen LogP contribution in [0.2, 0.25) is 0 Å². The Morgan fingerprint density at radius 2 is 1.94 bits per heavy atom. The van der Waals surface area contributed by atoms with Crippen LogP contribution in [0.5, 0.6) is 5.75 Å². The first-order valence-corrected chi connectivity index (χ1v) is 11.4. The number of carbonyl (C=O) groups excluding carboxylic acids is 3. The first-order chi connectivity index (χ1) is 15.2. The SMILES string of the molecule is CCCC(=O)Nc1ccc2c(c1)C(=O)N(C)C[C@H](OC)[C@H](C)CN(C(=O)CC)[C@H](C)CO2. The maximum Gasteiger partial charge on any atom is 0.257 e. The number of methoxy groups -OCH3 is 1. The van der Waals surface area contributed by atoms with Crippen molar-refractivity contribution in [2.75, 3.05) is 39.2 Å². The molecular weight excluding hydrogens is 410 g/mol. The molecule has 0 aliphatic carbocycles. The molecule has 0 bridgehead atoms. The molecule has 0 unspecified atom stereocenters. The second-order valence-corrected chi connectivity index (χ2v) is 8.51. The Labute approximate surface area is 191 Å². The molecule has 0 aromatic heterocycles. The van der Waals surface area contributed by atoms with Crippen molar-refractivity contribution in [1.82, 2.24) is 9.80 Å². The summed E-state index contributed by atoms with van der Waals surface area (Å²) < 4.78 is 11.7. The first-order valence-electron chi connectivity index (χ1n) is 11.4. The average molecular weight is 448 g/mol. The lowest BCUT2D eigenvalue weighted by Gasteiger charge is -2.36. The summed E-state index contributed by atoms with van der Waals surface area (Å²) in [5.41, 5.74) is 0.914. The van der Waals surface area contributed by atoms with Crippen molar-refractivity contribution in [2.45, 2.75) is 59.1 Å². The van der Waals surface area contributed by atoms with Crippen LogP contribution in [0.3, 0.4) is 0 Å². The molecule has 0 saturated carbocycles. The molecule has 1 aliphatic heterocycles. The van der Waals surface area contributed by atoms with E-state index in [0.29, 0.717) is 42.9 Å². The Balaban J connectivity index is 2.43. The number of rotatable bonds is 5. The molecule has 1 aliphatic rings. The zero-order valence-corrected chi connectivity index (χ0v) is 20.1. The van der Waals surface area contributed by atoms with E-state index in [4.69, 9.17) is 9.47 Å². The lowest BCUT2D eigenvalue weighted by atomic mass is 10.0. The molecule has 0 fully saturated rings.